The second-order valence-electron chi connectivity index (χ2n) is 9.47. The molecule has 2 aromatic carbocycles. The molecule has 2 saturated heterocycles. The molecule has 0 spiro atoms. The number of fused-ring (bicyclic) bond motifs is 1. The highest BCUT2D eigenvalue weighted by atomic mass is 35.5. The van der Waals surface area contributed by atoms with Crippen LogP contribution in [0.3, 0.4) is 0 Å². The van der Waals surface area contributed by atoms with Gasteiger partial charge in [-0.05, 0) is 62.5 Å². The first-order valence-electron chi connectivity index (χ1n) is 12.1. The molecule has 2 fully saturated rings. The van der Waals surface area contributed by atoms with Crippen molar-refractivity contribution >= 4 is 50.7 Å². The minimum Gasteiger partial charge on any atom is -0.483 e. The van der Waals surface area contributed by atoms with E-state index in [2.05, 4.69) is 4.72 Å². The molecule has 4 rings (SSSR count). The van der Waals surface area contributed by atoms with Crippen molar-refractivity contribution in [2.24, 2.45) is 0 Å². The topological polar surface area (TPSA) is 137 Å². The Hall–Kier alpha value is -2.77. The van der Waals surface area contributed by atoms with E-state index >= 15 is 0 Å². The Labute approximate surface area is 227 Å². The van der Waals surface area contributed by atoms with Gasteiger partial charge >= 0.3 is 0 Å². The van der Waals surface area contributed by atoms with Crippen LogP contribution in [-0.2, 0) is 29.1 Å². The Morgan fingerprint density at radius 2 is 1.89 bits per heavy atom. The van der Waals surface area contributed by atoms with Gasteiger partial charge in [0, 0.05) is 31.2 Å². The summed E-state index contributed by atoms with van der Waals surface area (Å²) in [4.78, 5) is 39.9. The van der Waals surface area contributed by atoms with Crippen LogP contribution in [0, 0.1) is 0 Å². The molecule has 0 aliphatic carbocycles. The average molecular weight is 569 g/mol. The molecule has 38 heavy (non-hydrogen) atoms. The summed E-state index contributed by atoms with van der Waals surface area (Å²) >= 11 is 6.01. The highest BCUT2D eigenvalue weighted by Gasteiger charge is 2.40. The van der Waals surface area contributed by atoms with E-state index in [1.807, 2.05) is 19.0 Å². The van der Waals surface area contributed by atoms with Gasteiger partial charge in [0.05, 0.1) is 17.6 Å². The van der Waals surface area contributed by atoms with Gasteiger partial charge in [-0.25, -0.2) is 8.42 Å². The lowest BCUT2D eigenvalue weighted by Crippen LogP contribution is -2.55. The smallest absolute Gasteiger partial charge is 0.290 e. The first-order chi connectivity index (χ1) is 18.0. The standard InChI is InChI=1S/C24H31ClN4O5S.CH2O2/c1-16(23(30)28-10-11-34-20(15-28)14-27(2)3)29-9-8-22(24(29)31)26-35(32,33)21-7-5-17-12-19(25)6-4-18(17)13-21;2-1-3/h4-7,12-13,16,20,22,26H,8-11,14-15H2,1-3H3;1H,(H,2,3)/t16-,20?,22-;/m0./s1. The van der Waals surface area contributed by atoms with Crippen molar-refractivity contribution in [2.45, 2.75) is 36.4 Å². The van der Waals surface area contributed by atoms with Crippen LogP contribution >= 0.6 is 11.6 Å². The molecule has 3 atom stereocenters. The second kappa shape index (κ2) is 12.9. The van der Waals surface area contributed by atoms with Crippen molar-refractivity contribution < 1.29 is 32.6 Å². The van der Waals surface area contributed by atoms with Gasteiger partial charge in [0.25, 0.3) is 6.47 Å². The van der Waals surface area contributed by atoms with Crippen LogP contribution in [0.15, 0.2) is 41.3 Å². The minimum atomic E-state index is -3.93. The van der Waals surface area contributed by atoms with Crippen LogP contribution < -0.4 is 4.72 Å². The fraction of sp³-hybridized carbons (Fsp3) is 0.480. The van der Waals surface area contributed by atoms with Crippen molar-refractivity contribution in [1.82, 2.24) is 19.4 Å². The van der Waals surface area contributed by atoms with E-state index in [0.717, 1.165) is 10.8 Å². The lowest BCUT2D eigenvalue weighted by atomic mass is 10.1. The Morgan fingerprint density at radius 1 is 1.24 bits per heavy atom. The number of benzene rings is 2. The zero-order chi connectivity index (χ0) is 28.0. The second-order valence-corrected chi connectivity index (χ2v) is 11.6. The minimum absolute atomic E-state index is 0.0722. The molecule has 0 bridgehead atoms. The molecule has 2 aliphatic heterocycles. The largest absolute Gasteiger partial charge is 0.483 e. The SMILES string of the molecule is C[C@@H](C(=O)N1CCOC(CN(C)C)C1)N1CC[C@H](NS(=O)(=O)c2ccc3cc(Cl)ccc3c2)C1=O.O=CO. The molecule has 208 valence electrons. The first kappa shape index (κ1) is 29.8. The number of morpholine rings is 1. The number of halogens is 1. The van der Waals surface area contributed by atoms with Gasteiger partial charge in [-0.1, -0.05) is 23.7 Å². The van der Waals surface area contributed by atoms with Crippen LogP contribution in [0.4, 0.5) is 0 Å². The van der Waals surface area contributed by atoms with Crippen molar-refractivity contribution in [3.8, 4) is 0 Å². The number of rotatable bonds is 7. The fourth-order valence-corrected chi connectivity index (χ4v) is 6.09. The van der Waals surface area contributed by atoms with E-state index in [1.165, 1.54) is 11.0 Å². The number of likely N-dealkylation sites (tertiary alicyclic amines) is 1. The molecule has 2 amide bonds. The van der Waals surface area contributed by atoms with Crippen LogP contribution in [0.1, 0.15) is 13.3 Å². The number of nitrogens with one attached hydrogen (secondary N) is 1. The van der Waals surface area contributed by atoms with E-state index in [1.54, 1.807) is 42.2 Å². The summed E-state index contributed by atoms with van der Waals surface area (Å²) in [7, 11) is -0.0363. The Kier molecular flexibility index (Phi) is 10.1. The lowest BCUT2D eigenvalue weighted by Gasteiger charge is -2.37. The molecule has 2 heterocycles. The third kappa shape index (κ3) is 7.20. The molecule has 13 heteroatoms. The van der Waals surface area contributed by atoms with Gasteiger partial charge in [0.2, 0.25) is 21.8 Å². The molecule has 2 N–H and O–H groups in total. The first-order valence-corrected chi connectivity index (χ1v) is 14.0. The molecule has 2 aromatic rings. The van der Waals surface area contributed by atoms with Gasteiger partial charge in [0.15, 0.2) is 0 Å². The van der Waals surface area contributed by atoms with Crippen LogP contribution in [0.2, 0.25) is 5.02 Å². The number of carbonyl (C=O) groups is 3. The molecule has 0 radical (unpaired) electrons. The highest BCUT2D eigenvalue weighted by Crippen LogP contribution is 2.24. The van der Waals surface area contributed by atoms with Crippen LogP contribution in [0.25, 0.3) is 10.8 Å². The quantitative estimate of drug-likeness (QED) is 0.476. The molecular formula is C25H33ClN4O7S. The maximum Gasteiger partial charge on any atom is 0.290 e. The number of carboxylic acid groups (broad SMARTS) is 1. The molecule has 2 aliphatic rings. The van der Waals surface area contributed by atoms with E-state index in [0.29, 0.717) is 44.2 Å². The number of nitrogens with zero attached hydrogens (tertiary/aromatic N) is 3. The number of likely N-dealkylation sites (N-methyl/N-ethyl adjacent to an activating group) is 1. The third-order valence-electron chi connectivity index (χ3n) is 6.47. The Bertz CT molecular complexity index is 1270. The van der Waals surface area contributed by atoms with Crippen LogP contribution in [0.5, 0.6) is 0 Å². The molecule has 0 saturated carbocycles. The van der Waals surface area contributed by atoms with Crippen molar-refractivity contribution in [1.29, 1.82) is 0 Å². The number of hydrogen-bond donors (Lipinski definition) is 2. The maximum absolute atomic E-state index is 13.1. The van der Waals surface area contributed by atoms with E-state index in [9.17, 15) is 18.0 Å². The van der Waals surface area contributed by atoms with E-state index < -0.39 is 22.1 Å². The van der Waals surface area contributed by atoms with Gasteiger partial charge in [0.1, 0.15) is 12.1 Å². The van der Waals surface area contributed by atoms with Crippen LogP contribution in [-0.4, -0.2) is 112 Å². The van der Waals surface area contributed by atoms with Gasteiger partial charge < -0.3 is 24.5 Å². The number of sulfonamides is 1. The normalized spacial score (nSPS) is 20.8. The number of carbonyl (C=O) groups excluding carboxylic acids is 2. The van der Waals surface area contributed by atoms with Gasteiger partial charge in [-0.2, -0.15) is 4.72 Å². The third-order valence-corrected chi connectivity index (χ3v) is 8.17. The van der Waals surface area contributed by atoms with Crippen molar-refractivity contribution in [3.05, 3.63) is 41.4 Å². The molecular weight excluding hydrogens is 536 g/mol. The zero-order valence-electron chi connectivity index (χ0n) is 21.5. The number of amides is 2. The monoisotopic (exact) mass is 568 g/mol. The lowest BCUT2D eigenvalue weighted by molar-refractivity contribution is -0.148. The summed E-state index contributed by atoms with van der Waals surface area (Å²) in [6, 6.07) is 8.35. The van der Waals surface area contributed by atoms with E-state index in [-0.39, 0.29) is 29.3 Å². The zero-order valence-corrected chi connectivity index (χ0v) is 23.1. The Morgan fingerprint density at radius 3 is 2.58 bits per heavy atom. The molecule has 1 unspecified atom stereocenters. The van der Waals surface area contributed by atoms with Gasteiger partial charge in [-0.3, -0.25) is 14.4 Å². The van der Waals surface area contributed by atoms with Crippen molar-refractivity contribution in [2.75, 3.05) is 46.9 Å². The summed E-state index contributed by atoms with van der Waals surface area (Å²) in [5.41, 5.74) is 0. The summed E-state index contributed by atoms with van der Waals surface area (Å²) < 4.78 is 34.3. The van der Waals surface area contributed by atoms with Crippen molar-refractivity contribution in [3.63, 3.8) is 0 Å². The Balaban J connectivity index is 0.00000127. The highest BCUT2D eigenvalue weighted by molar-refractivity contribution is 7.89. The number of hydrogen-bond acceptors (Lipinski definition) is 7. The molecule has 0 aromatic heterocycles. The number of ether oxygens (including phenoxy) is 1. The average Bonchev–Trinajstić information content (AvgIpc) is 3.22. The summed E-state index contributed by atoms with van der Waals surface area (Å²) in [6.45, 7) is 3.84. The summed E-state index contributed by atoms with van der Waals surface area (Å²) in [6.07, 6.45) is 0.215. The predicted molar refractivity (Wildman–Crippen MR) is 142 cm³/mol. The predicted octanol–water partition coefficient (Wildman–Crippen LogP) is 1.25. The maximum atomic E-state index is 13.1. The summed E-state index contributed by atoms with van der Waals surface area (Å²) in [5, 5.41) is 9.01. The van der Waals surface area contributed by atoms with E-state index in [4.69, 9.17) is 26.2 Å². The summed E-state index contributed by atoms with van der Waals surface area (Å²) in [5.74, 6) is -0.540. The fourth-order valence-electron chi connectivity index (χ4n) is 4.65. The van der Waals surface area contributed by atoms with Gasteiger partial charge in [-0.15, -0.1) is 0 Å². The molecule has 11 nitrogen and oxygen atoms in total.